The molecule has 8 heteroatoms. The van der Waals surface area contributed by atoms with Crippen molar-refractivity contribution in [2.75, 3.05) is 14.1 Å². The Morgan fingerprint density at radius 1 is 1.39 bits per heavy atom. The predicted molar refractivity (Wildman–Crippen MR) is 89.6 cm³/mol. The van der Waals surface area contributed by atoms with Gasteiger partial charge in [-0.15, -0.1) is 11.3 Å². The second-order valence-corrected chi connectivity index (χ2v) is 6.16. The summed E-state index contributed by atoms with van der Waals surface area (Å²) < 4.78 is 0. The molecule has 0 aliphatic carbocycles. The molecule has 23 heavy (non-hydrogen) atoms. The lowest BCUT2D eigenvalue weighted by atomic mass is 10.2. The molecule has 1 heterocycles. The summed E-state index contributed by atoms with van der Waals surface area (Å²) in [6.45, 7) is 0. The number of hydrogen-bond donors (Lipinski definition) is 3. The highest BCUT2D eigenvalue weighted by molar-refractivity contribution is 7.15. The Hall–Kier alpha value is -2.61. The fourth-order valence-electron chi connectivity index (χ4n) is 1.89. The second-order valence-electron chi connectivity index (χ2n) is 5.10. The zero-order chi connectivity index (χ0) is 17.0. The summed E-state index contributed by atoms with van der Waals surface area (Å²) in [6.07, 6.45) is 2.57. The number of guanidine groups is 1. The summed E-state index contributed by atoms with van der Waals surface area (Å²) >= 11 is 1.33. The van der Waals surface area contributed by atoms with Crippen LogP contribution in [-0.4, -0.2) is 46.4 Å². The van der Waals surface area contributed by atoms with Gasteiger partial charge in [0.25, 0.3) is 0 Å². The van der Waals surface area contributed by atoms with Gasteiger partial charge in [-0.3, -0.25) is 0 Å². The average Bonchev–Trinajstić information content (AvgIpc) is 2.95. The van der Waals surface area contributed by atoms with Crippen molar-refractivity contribution >= 4 is 23.6 Å². The summed E-state index contributed by atoms with van der Waals surface area (Å²) in [6, 6.07) is 3.86. The number of nitrogens with two attached hydrogens (primary N) is 1. The van der Waals surface area contributed by atoms with E-state index in [9.17, 15) is 15.0 Å². The number of aromatic nitrogens is 1. The van der Waals surface area contributed by atoms with Crippen LogP contribution in [-0.2, 0) is 4.79 Å². The molecular weight excluding hydrogens is 316 g/mol. The molecule has 0 amide bonds. The number of carbonyl (C=O) groups excluding carboxylic acids is 1. The number of phenols is 2. The number of phenolic OH excluding ortho intramolecular Hbond substituents is 2. The van der Waals surface area contributed by atoms with E-state index in [4.69, 9.17) is 5.73 Å². The molecule has 0 aliphatic rings. The molecule has 0 saturated carbocycles. The summed E-state index contributed by atoms with van der Waals surface area (Å²) in [5.41, 5.74) is 6.45. The van der Waals surface area contributed by atoms with Crippen LogP contribution in [0.4, 0.5) is 0 Å². The van der Waals surface area contributed by atoms with Crippen molar-refractivity contribution in [1.82, 2.24) is 9.88 Å². The SMILES string of the molecule is CN(C)C(N)=NC(CC=O)c1ncc(-c2cc(O)cc(O)c2)s1. The van der Waals surface area contributed by atoms with Crippen LogP contribution in [0.15, 0.2) is 29.4 Å². The van der Waals surface area contributed by atoms with Gasteiger partial charge in [0.15, 0.2) is 5.96 Å². The quantitative estimate of drug-likeness (QED) is 0.436. The molecule has 122 valence electrons. The second kappa shape index (κ2) is 7.10. The van der Waals surface area contributed by atoms with Gasteiger partial charge in [-0.25, -0.2) is 9.98 Å². The Balaban J connectivity index is 2.34. The highest BCUT2D eigenvalue weighted by atomic mass is 32.1. The highest BCUT2D eigenvalue weighted by Crippen LogP contribution is 2.35. The molecule has 2 rings (SSSR count). The van der Waals surface area contributed by atoms with E-state index in [0.29, 0.717) is 16.5 Å². The standard InChI is InChI=1S/C15H18N4O3S/c1-19(2)15(16)18-12(3-4-20)14-17-8-13(23-14)9-5-10(21)7-11(22)6-9/h4-8,12,21-22H,3H2,1-2H3,(H2,16,18). The van der Waals surface area contributed by atoms with Gasteiger partial charge in [-0.05, 0) is 12.1 Å². The Morgan fingerprint density at radius 2 is 2.04 bits per heavy atom. The first-order chi connectivity index (χ1) is 10.9. The van der Waals surface area contributed by atoms with Gasteiger partial charge in [-0.1, -0.05) is 0 Å². The van der Waals surface area contributed by atoms with Crippen LogP contribution in [0.25, 0.3) is 10.4 Å². The van der Waals surface area contributed by atoms with Crippen LogP contribution in [0.1, 0.15) is 17.5 Å². The zero-order valence-corrected chi connectivity index (χ0v) is 13.6. The lowest BCUT2D eigenvalue weighted by molar-refractivity contribution is -0.108. The third-order valence-corrected chi connectivity index (χ3v) is 4.21. The first kappa shape index (κ1) is 16.8. The van der Waals surface area contributed by atoms with E-state index in [0.717, 1.165) is 11.2 Å². The number of carbonyl (C=O) groups is 1. The maximum absolute atomic E-state index is 10.9. The van der Waals surface area contributed by atoms with Gasteiger partial charge < -0.3 is 25.6 Å². The minimum atomic E-state index is -0.459. The topological polar surface area (TPSA) is 112 Å². The Labute approximate surface area is 137 Å². The summed E-state index contributed by atoms with van der Waals surface area (Å²) in [5.74, 6) is 0.243. The summed E-state index contributed by atoms with van der Waals surface area (Å²) in [7, 11) is 3.53. The van der Waals surface area contributed by atoms with Crippen LogP contribution in [0.2, 0.25) is 0 Å². The fourth-order valence-corrected chi connectivity index (χ4v) is 2.84. The number of benzene rings is 1. The maximum atomic E-state index is 10.9. The largest absolute Gasteiger partial charge is 0.508 e. The van der Waals surface area contributed by atoms with Gasteiger partial charge in [0.2, 0.25) is 0 Å². The fraction of sp³-hybridized carbons (Fsp3) is 0.267. The van der Waals surface area contributed by atoms with Crippen molar-refractivity contribution in [2.24, 2.45) is 10.7 Å². The van der Waals surface area contributed by atoms with Gasteiger partial charge in [0.05, 0.1) is 4.88 Å². The Morgan fingerprint density at radius 3 is 2.61 bits per heavy atom. The molecule has 1 aromatic carbocycles. The van der Waals surface area contributed by atoms with E-state index in [1.165, 1.54) is 29.5 Å². The smallest absolute Gasteiger partial charge is 0.191 e. The lowest BCUT2D eigenvalue weighted by Crippen LogP contribution is -2.31. The van der Waals surface area contributed by atoms with E-state index < -0.39 is 6.04 Å². The molecule has 0 bridgehead atoms. The van der Waals surface area contributed by atoms with E-state index in [2.05, 4.69) is 9.98 Å². The molecule has 1 atom stereocenters. The number of aromatic hydroxyl groups is 2. The van der Waals surface area contributed by atoms with Crippen molar-refractivity contribution < 1.29 is 15.0 Å². The predicted octanol–water partition coefficient (Wildman–Crippen LogP) is 1.73. The van der Waals surface area contributed by atoms with Gasteiger partial charge in [0.1, 0.15) is 28.8 Å². The van der Waals surface area contributed by atoms with Crippen LogP contribution in [0, 0.1) is 0 Å². The van der Waals surface area contributed by atoms with Gasteiger partial charge in [0, 0.05) is 38.3 Å². The van der Waals surface area contributed by atoms with Crippen LogP contribution < -0.4 is 5.73 Å². The molecule has 0 radical (unpaired) electrons. The van der Waals surface area contributed by atoms with Crippen LogP contribution in [0.3, 0.4) is 0 Å². The molecule has 1 aromatic heterocycles. The number of thiazole rings is 1. The monoisotopic (exact) mass is 334 g/mol. The third kappa shape index (κ3) is 4.19. The number of rotatable bonds is 5. The molecule has 0 aliphatic heterocycles. The van der Waals surface area contributed by atoms with Crippen LogP contribution >= 0.6 is 11.3 Å². The number of nitrogens with zero attached hydrogens (tertiary/aromatic N) is 3. The van der Waals surface area contributed by atoms with Crippen molar-refractivity contribution in [3.8, 4) is 21.9 Å². The molecule has 2 aromatic rings. The molecule has 1 unspecified atom stereocenters. The Bertz CT molecular complexity index is 707. The number of aliphatic imine (C=N–C) groups is 1. The normalized spacial score (nSPS) is 12.9. The maximum Gasteiger partial charge on any atom is 0.191 e. The Kier molecular flexibility index (Phi) is 5.17. The minimum Gasteiger partial charge on any atom is -0.508 e. The average molecular weight is 334 g/mol. The van der Waals surface area contributed by atoms with E-state index in [1.807, 2.05) is 0 Å². The first-order valence-electron chi connectivity index (χ1n) is 6.84. The van der Waals surface area contributed by atoms with Crippen molar-refractivity contribution in [2.45, 2.75) is 12.5 Å². The van der Waals surface area contributed by atoms with Gasteiger partial charge >= 0.3 is 0 Å². The van der Waals surface area contributed by atoms with Crippen molar-refractivity contribution in [1.29, 1.82) is 0 Å². The molecular formula is C15H18N4O3S. The first-order valence-corrected chi connectivity index (χ1v) is 7.65. The lowest BCUT2D eigenvalue weighted by Gasteiger charge is -2.13. The molecule has 0 saturated heterocycles. The molecule has 4 N–H and O–H groups in total. The van der Waals surface area contributed by atoms with Crippen LogP contribution in [0.5, 0.6) is 11.5 Å². The number of aldehydes is 1. The molecule has 0 spiro atoms. The third-order valence-electron chi connectivity index (χ3n) is 3.06. The van der Waals surface area contributed by atoms with Crippen molar-refractivity contribution in [3.63, 3.8) is 0 Å². The van der Waals surface area contributed by atoms with Crippen molar-refractivity contribution in [3.05, 3.63) is 29.4 Å². The summed E-state index contributed by atoms with van der Waals surface area (Å²) in [5, 5.41) is 19.8. The highest BCUT2D eigenvalue weighted by Gasteiger charge is 2.17. The summed E-state index contributed by atoms with van der Waals surface area (Å²) in [4.78, 5) is 21.9. The van der Waals surface area contributed by atoms with E-state index in [1.54, 1.807) is 25.2 Å². The zero-order valence-electron chi connectivity index (χ0n) is 12.8. The molecule has 7 nitrogen and oxygen atoms in total. The van der Waals surface area contributed by atoms with Gasteiger partial charge in [-0.2, -0.15) is 0 Å². The van der Waals surface area contributed by atoms with E-state index in [-0.39, 0.29) is 17.9 Å². The van der Waals surface area contributed by atoms with E-state index >= 15 is 0 Å². The number of hydrogen-bond acceptors (Lipinski definition) is 6. The minimum absolute atomic E-state index is 0.0331. The molecule has 0 fully saturated rings.